The Bertz CT molecular complexity index is 877. The molecule has 1 heterocycles. The minimum Gasteiger partial charge on any atom is -0.338 e. The molecule has 1 unspecified atom stereocenters. The molecule has 0 radical (unpaired) electrons. The Labute approximate surface area is 185 Å². The number of likely N-dealkylation sites (tertiary alicyclic amines) is 1. The molecular formula is C26H33N3O2. The van der Waals surface area contributed by atoms with Crippen molar-refractivity contribution in [2.45, 2.75) is 64.1 Å². The van der Waals surface area contributed by atoms with Gasteiger partial charge in [0.2, 0.25) is 5.91 Å². The van der Waals surface area contributed by atoms with Crippen molar-refractivity contribution in [2.75, 3.05) is 6.54 Å². The number of hydrogen-bond donors (Lipinski definition) is 2. The van der Waals surface area contributed by atoms with Crippen LogP contribution in [0, 0.1) is 5.92 Å². The Morgan fingerprint density at radius 2 is 1.74 bits per heavy atom. The number of urea groups is 1. The van der Waals surface area contributed by atoms with Crippen LogP contribution in [-0.2, 0) is 17.9 Å². The van der Waals surface area contributed by atoms with Gasteiger partial charge in [-0.05, 0) is 41.9 Å². The maximum Gasteiger partial charge on any atom is 0.315 e. The van der Waals surface area contributed by atoms with E-state index in [0.29, 0.717) is 25.4 Å². The summed E-state index contributed by atoms with van der Waals surface area (Å²) in [7, 11) is 0. The molecule has 2 fully saturated rings. The summed E-state index contributed by atoms with van der Waals surface area (Å²) in [6.07, 6.45) is 7.71. The van der Waals surface area contributed by atoms with E-state index in [9.17, 15) is 9.59 Å². The summed E-state index contributed by atoms with van der Waals surface area (Å²) >= 11 is 0. The lowest BCUT2D eigenvalue weighted by Gasteiger charge is -2.31. The standard InChI is InChI=1S/C26H33N3O2/c30-24-15-8-16-29(24)19-21-10-7-9-20(17-21)18-27-26(31)28-25(22-11-3-1-4-12-22)23-13-5-2-6-14-23/h1,3-4,7,9-12,17,23,25H,2,5-6,8,13-16,18-19H2,(H2,27,28,31). The van der Waals surface area contributed by atoms with E-state index in [1.165, 1.54) is 24.8 Å². The first-order valence-corrected chi connectivity index (χ1v) is 11.6. The van der Waals surface area contributed by atoms with Gasteiger partial charge in [-0.1, -0.05) is 73.9 Å². The van der Waals surface area contributed by atoms with Crippen molar-refractivity contribution in [2.24, 2.45) is 5.92 Å². The highest BCUT2D eigenvalue weighted by Gasteiger charge is 2.26. The van der Waals surface area contributed by atoms with Crippen molar-refractivity contribution in [3.63, 3.8) is 0 Å². The summed E-state index contributed by atoms with van der Waals surface area (Å²) in [6.45, 7) is 1.96. The van der Waals surface area contributed by atoms with Gasteiger partial charge in [0.1, 0.15) is 0 Å². The first-order valence-electron chi connectivity index (χ1n) is 11.6. The van der Waals surface area contributed by atoms with Crippen LogP contribution >= 0.6 is 0 Å². The first kappa shape index (κ1) is 21.4. The van der Waals surface area contributed by atoms with Crippen molar-refractivity contribution < 1.29 is 9.59 Å². The number of amides is 3. The predicted octanol–water partition coefficient (Wildman–Crippen LogP) is 4.93. The molecule has 164 valence electrons. The zero-order valence-electron chi connectivity index (χ0n) is 18.2. The average Bonchev–Trinajstić information content (AvgIpc) is 3.21. The smallest absolute Gasteiger partial charge is 0.315 e. The molecule has 5 heteroatoms. The number of nitrogens with zero attached hydrogens (tertiary/aromatic N) is 1. The summed E-state index contributed by atoms with van der Waals surface area (Å²) in [5.41, 5.74) is 3.34. The average molecular weight is 420 g/mol. The van der Waals surface area contributed by atoms with Gasteiger partial charge in [-0.3, -0.25) is 4.79 Å². The molecule has 2 aromatic carbocycles. The molecule has 1 atom stereocenters. The number of benzene rings is 2. The molecule has 0 spiro atoms. The number of nitrogens with one attached hydrogen (secondary N) is 2. The molecule has 31 heavy (non-hydrogen) atoms. The zero-order valence-corrected chi connectivity index (χ0v) is 18.2. The Morgan fingerprint density at radius 3 is 2.48 bits per heavy atom. The van der Waals surface area contributed by atoms with Crippen LogP contribution in [-0.4, -0.2) is 23.4 Å². The van der Waals surface area contributed by atoms with Crippen LogP contribution < -0.4 is 10.6 Å². The highest BCUT2D eigenvalue weighted by atomic mass is 16.2. The second-order valence-corrected chi connectivity index (χ2v) is 8.85. The molecule has 2 aliphatic rings. The van der Waals surface area contributed by atoms with Crippen molar-refractivity contribution in [1.82, 2.24) is 15.5 Å². The molecule has 0 bridgehead atoms. The van der Waals surface area contributed by atoms with E-state index in [1.54, 1.807) is 0 Å². The molecule has 5 nitrogen and oxygen atoms in total. The molecule has 4 rings (SSSR count). The monoisotopic (exact) mass is 419 g/mol. The molecule has 1 saturated heterocycles. The Balaban J connectivity index is 1.35. The highest BCUT2D eigenvalue weighted by Crippen LogP contribution is 2.34. The van der Waals surface area contributed by atoms with Gasteiger partial charge in [-0.15, -0.1) is 0 Å². The lowest BCUT2D eigenvalue weighted by Crippen LogP contribution is -2.40. The van der Waals surface area contributed by atoms with E-state index in [-0.39, 0.29) is 18.0 Å². The van der Waals surface area contributed by atoms with Crippen LogP contribution in [0.2, 0.25) is 0 Å². The third-order valence-corrected chi connectivity index (χ3v) is 6.56. The normalized spacial score (nSPS) is 18.1. The van der Waals surface area contributed by atoms with Crippen molar-refractivity contribution in [1.29, 1.82) is 0 Å². The summed E-state index contributed by atoms with van der Waals surface area (Å²) in [4.78, 5) is 26.6. The number of carbonyl (C=O) groups is 2. The third kappa shape index (κ3) is 5.87. The maximum absolute atomic E-state index is 12.8. The molecule has 1 aliphatic heterocycles. The van der Waals surface area contributed by atoms with Crippen molar-refractivity contribution in [3.05, 3.63) is 71.3 Å². The number of hydrogen-bond acceptors (Lipinski definition) is 2. The highest BCUT2D eigenvalue weighted by molar-refractivity contribution is 5.78. The van der Waals surface area contributed by atoms with Gasteiger partial charge in [-0.25, -0.2) is 4.79 Å². The van der Waals surface area contributed by atoms with Gasteiger partial charge in [0.05, 0.1) is 6.04 Å². The second kappa shape index (κ2) is 10.5. The zero-order chi connectivity index (χ0) is 21.5. The van der Waals surface area contributed by atoms with Gasteiger partial charge in [-0.2, -0.15) is 0 Å². The molecular weight excluding hydrogens is 386 g/mol. The fourth-order valence-electron chi connectivity index (χ4n) is 4.91. The van der Waals surface area contributed by atoms with Crippen LogP contribution in [0.4, 0.5) is 4.79 Å². The van der Waals surface area contributed by atoms with E-state index >= 15 is 0 Å². The van der Waals surface area contributed by atoms with Crippen LogP contribution in [0.1, 0.15) is 67.7 Å². The summed E-state index contributed by atoms with van der Waals surface area (Å²) in [6, 6.07) is 18.4. The first-order chi connectivity index (χ1) is 15.2. The quantitative estimate of drug-likeness (QED) is 0.668. The Morgan fingerprint density at radius 1 is 0.968 bits per heavy atom. The summed E-state index contributed by atoms with van der Waals surface area (Å²) < 4.78 is 0. The fourth-order valence-corrected chi connectivity index (χ4v) is 4.91. The molecule has 2 N–H and O–H groups in total. The largest absolute Gasteiger partial charge is 0.338 e. The summed E-state index contributed by atoms with van der Waals surface area (Å²) in [5.74, 6) is 0.723. The fraction of sp³-hybridized carbons (Fsp3) is 0.462. The topological polar surface area (TPSA) is 61.4 Å². The van der Waals surface area contributed by atoms with E-state index in [1.807, 2.05) is 41.3 Å². The Hall–Kier alpha value is -2.82. The van der Waals surface area contributed by atoms with E-state index in [0.717, 1.165) is 36.9 Å². The SMILES string of the molecule is O=C(NCc1cccc(CN2CCCC2=O)c1)NC(c1ccccc1)C1CCCCC1. The van der Waals surface area contributed by atoms with Crippen LogP contribution in [0.3, 0.4) is 0 Å². The molecule has 2 aromatic rings. The molecule has 3 amide bonds. The third-order valence-electron chi connectivity index (χ3n) is 6.56. The van der Waals surface area contributed by atoms with E-state index in [2.05, 4.69) is 28.8 Å². The van der Waals surface area contributed by atoms with Gasteiger partial charge >= 0.3 is 6.03 Å². The minimum absolute atomic E-state index is 0.0500. The van der Waals surface area contributed by atoms with Gasteiger partial charge in [0.15, 0.2) is 0 Å². The van der Waals surface area contributed by atoms with Crippen LogP contribution in [0.15, 0.2) is 54.6 Å². The molecule has 1 aliphatic carbocycles. The number of rotatable bonds is 7. The van der Waals surface area contributed by atoms with Crippen molar-refractivity contribution >= 4 is 11.9 Å². The summed E-state index contributed by atoms with van der Waals surface area (Å²) in [5, 5.41) is 6.29. The van der Waals surface area contributed by atoms with Crippen LogP contribution in [0.25, 0.3) is 0 Å². The van der Waals surface area contributed by atoms with Crippen molar-refractivity contribution in [3.8, 4) is 0 Å². The number of carbonyl (C=O) groups excluding carboxylic acids is 2. The van der Waals surface area contributed by atoms with E-state index < -0.39 is 0 Å². The van der Waals surface area contributed by atoms with Gasteiger partial charge in [0.25, 0.3) is 0 Å². The van der Waals surface area contributed by atoms with Crippen LogP contribution in [0.5, 0.6) is 0 Å². The predicted molar refractivity (Wildman–Crippen MR) is 122 cm³/mol. The maximum atomic E-state index is 12.8. The van der Waals surface area contributed by atoms with Gasteiger partial charge < -0.3 is 15.5 Å². The molecule has 0 aromatic heterocycles. The molecule has 1 saturated carbocycles. The minimum atomic E-state index is -0.125. The van der Waals surface area contributed by atoms with E-state index in [4.69, 9.17) is 0 Å². The lowest BCUT2D eigenvalue weighted by atomic mass is 9.81. The Kier molecular flexibility index (Phi) is 7.23. The lowest BCUT2D eigenvalue weighted by molar-refractivity contribution is -0.128. The van der Waals surface area contributed by atoms with Gasteiger partial charge in [0, 0.05) is 26.1 Å². The second-order valence-electron chi connectivity index (χ2n) is 8.85.